The van der Waals surface area contributed by atoms with E-state index in [9.17, 15) is 4.39 Å². The number of nitrogens with two attached hydrogens (primary N) is 1. The lowest BCUT2D eigenvalue weighted by molar-refractivity contribution is 0.435. The van der Waals surface area contributed by atoms with Crippen LogP contribution in [-0.2, 0) is 6.54 Å². The zero-order chi connectivity index (χ0) is 11.5. The molecule has 1 aromatic carbocycles. The largest absolute Gasteiger partial charge is 0.427 e. The SMILES string of the molecule is NCc1nnc(Oc2ccc(Br)cc2F)s1. The Bertz CT molecular complexity index is 505. The van der Waals surface area contributed by atoms with Crippen molar-refractivity contribution in [1.82, 2.24) is 10.2 Å². The second-order valence-electron chi connectivity index (χ2n) is 2.84. The second-order valence-corrected chi connectivity index (χ2v) is 4.78. The summed E-state index contributed by atoms with van der Waals surface area (Å²) in [6.07, 6.45) is 0. The first-order chi connectivity index (χ1) is 7.69. The Morgan fingerprint density at radius 2 is 2.25 bits per heavy atom. The van der Waals surface area contributed by atoms with E-state index in [1.807, 2.05) is 0 Å². The highest BCUT2D eigenvalue weighted by Crippen LogP contribution is 2.28. The normalized spacial score (nSPS) is 10.4. The molecule has 1 aromatic heterocycles. The Labute approximate surface area is 103 Å². The number of hydrogen-bond acceptors (Lipinski definition) is 5. The molecule has 0 bridgehead atoms. The summed E-state index contributed by atoms with van der Waals surface area (Å²) in [5, 5.41) is 8.42. The van der Waals surface area contributed by atoms with Gasteiger partial charge >= 0.3 is 0 Å². The van der Waals surface area contributed by atoms with Gasteiger partial charge in [0.25, 0.3) is 5.19 Å². The molecule has 0 radical (unpaired) electrons. The van der Waals surface area contributed by atoms with Gasteiger partial charge in [0.05, 0.1) is 0 Å². The fourth-order valence-corrected chi connectivity index (χ4v) is 1.93. The molecule has 1 heterocycles. The van der Waals surface area contributed by atoms with Crippen molar-refractivity contribution in [3.05, 3.63) is 33.5 Å². The lowest BCUT2D eigenvalue weighted by Crippen LogP contribution is -1.94. The van der Waals surface area contributed by atoms with Crippen LogP contribution in [0.15, 0.2) is 22.7 Å². The summed E-state index contributed by atoms with van der Waals surface area (Å²) >= 11 is 4.35. The fraction of sp³-hybridized carbons (Fsp3) is 0.111. The van der Waals surface area contributed by atoms with Crippen molar-refractivity contribution in [3.63, 3.8) is 0 Å². The molecule has 16 heavy (non-hydrogen) atoms. The lowest BCUT2D eigenvalue weighted by Gasteiger charge is -2.02. The number of rotatable bonds is 3. The summed E-state index contributed by atoms with van der Waals surface area (Å²) in [4.78, 5) is 0. The third-order valence-corrected chi connectivity index (χ3v) is 3.03. The molecular weight excluding hydrogens is 297 g/mol. The van der Waals surface area contributed by atoms with Crippen LogP contribution in [0.5, 0.6) is 10.9 Å². The van der Waals surface area contributed by atoms with E-state index in [1.165, 1.54) is 23.5 Å². The van der Waals surface area contributed by atoms with Crippen LogP contribution < -0.4 is 10.5 Å². The molecule has 0 aliphatic carbocycles. The van der Waals surface area contributed by atoms with Crippen LogP contribution in [0.3, 0.4) is 0 Å². The quantitative estimate of drug-likeness (QED) is 0.947. The number of ether oxygens (including phenoxy) is 1. The van der Waals surface area contributed by atoms with E-state index in [0.29, 0.717) is 16.0 Å². The van der Waals surface area contributed by atoms with E-state index in [-0.39, 0.29) is 10.9 Å². The Balaban J connectivity index is 2.20. The molecule has 2 N–H and O–H groups in total. The minimum absolute atomic E-state index is 0.114. The highest BCUT2D eigenvalue weighted by Gasteiger charge is 2.09. The highest BCUT2D eigenvalue weighted by atomic mass is 79.9. The lowest BCUT2D eigenvalue weighted by atomic mass is 10.3. The second kappa shape index (κ2) is 4.86. The van der Waals surface area contributed by atoms with E-state index < -0.39 is 5.82 Å². The molecule has 2 rings (SSSR count). The average Bonchev–Trinajstić information content (AvgIpc) is 2.70. The maximum Gasteiger partial charge on any atom is 0.299 e. The first-order valence-corrected chi connectivity index (χ1v) is 5.95. The zero-order valence-corrected chi connectivity index (χ0v) is 10.4. The molecule has 0 unspecified atom stereocenters. The van der Waals surface area contributed by atoms with Crippen molar-refractivity contribution in [2.75, 3.05) is 0 Å². The standard InChI is InChI=1S/C9H7BrFN3OS/c10-5-1-2-7(6(11)3-5)15-9-14-13-8(4-12)16-9/h1-3H,4,12H2. The number of halogens is 2. The van der Waals surface area contributed by atoms with Crippen molar-refractivity contribution in [1.29, 1.82) is 0 Å². The fourth-order valence-electron chi connectivity index (χ4n) is 1.01. The van der Waals surface area contributed by atoms with Crippen molar-refractivity contribution in [2.24, 2.45) is 5.73 Å². The van der Waals surface area contributed by atoms with Crippen molar-refractivity contribution in [3.8, 4) is 10.9 Å². The molecule has 0 saturated heterocycles. The topological polar surface area (TPSA) is 61.0 Å². The van der Waals surface area contributed by atoms with E-state index >= 15 is 0 Å². The van der Waals surface area contributed by atoms with Gasteiger partial charge in [0.2, 0.25) is 0 Å². The van der Waals surface area contributed by atoms with Gasteiger partial charge in [0.15, 0.2) is 11.6 Å². The Hall–Kier alpha value is -1.05. The van der Waals surface area contributed by atoms with Crippen LogP contribution in [0, 0.1) is 5.82 Å². The molecule has 7 heteroatoms. The Kier molecular flexibility index (Phi) is 3.47. The molecule has 0 spiro atoms. The van der Waals surface area contributed by atoms with Crippen LogP contribution in [0.25, 0.3) is 0 Å². The molecule has 4 nitrogen and oxygen atoms in total. The maximum absolute atomic E-state index is 13.4. The molecule has 0 amide bonds. The van der Waals surface area contributed by atoms with Gasteiger partial charge in [0, 0.05) is 11.0 Å². The van der Waals surface area contributed by atoms with Crippen LogP contribution in [0.1, 0.15) is 5.01 Å². The van der Waals surface area contributed by atoms with E-state index in [1.54, 1.807) is 6.07 Å². The van der Waals surface area contributed by atoms with Gasteiger partial charge in [-0.3, -0.25) is 0 Å². The summed E-state index contributed by atoms with van der Waals surface area (Å²) in [5.74, 6) is -0.346. The van der Waals surface area contributed by atoms with Gasteiger partial charge in [-0.1, -0.05) is 32.4 Å². The molecule has 0 atom stereocenters. The third-order valence-electron chi connectivity index (χ3n) is 1.71. The van der Waals surface area contributed by atoms with Gasteiger partial charge in [-0.25, -0.2) is 4.39 Å². The Morgan fingerprint density at radius 3 is 2.88 bits per heavy atom. The first-order valence-electron chi connectivity index (χ1n) is 4.34. The molecule has 0 aliphatic rings. The Morgan fingerprint density at radius 1 is 1.44 bits per heavy atom. The van der Waals surface area contributed by atoms with Gasteiger partial charge in [-0.05, 0) is 18.2 Å². The molecule has 0 fully saturated rings. The van der Waals surface area contributed by atoms with Crippen molar-refractivity contribution >= 4 is 27.3 Å². The molecule has 2 aromatic rings. The summed E-state index contributed by atoms with van der Waals surface area (Å²) in [5.41, 5.74) is 5.38. The van der Waals surface area contributed by atoms with Crippen molar-refractivity contribution in [2.45, 2.75) is 6.54 Å². The number of benzene rings is 1. The summed E-state index contributed by atoms with van der Waals surface area (Å²) < 4.78 is 19.3. The minimum atomic E-state index is -0.459. The van der Waals surface area contributed by atoms with E-state index in [2.05, 4.69) is 26.1 Å². The van der Waals surface area contributed by atoms with Crippen LogP contribution in [-0.4, -0.2) is 10.2 Å². The van der Waals surface area contributed by atoms with Gasteiger partial charge in [-0.2, -0.15) is 0 Å². The van der Waals surface area contributed by atoms with Gasteiger partial charge in [-0.15, -0.1) is 5.10 Å². The van der Waals surface area contributed by atoms with Crippen molar-refractivity contribution < 1.29 is 9.13 Å². The zero-order valence-electron chi connectivity index (χ0n) is 7.98. The average molecular weight is 304 g/mol. The highest BCUT2D eigenvalue weighted by molar-refractivity contribution is 9.10. The predicted octanol–water partition coefficient (Wildman–Crippen LogP) is 2.69. The minimum Gasteiger partial charge on any atom is -0.427 e. The van der Waals surface area contributed by atoms with Gasteiger partial charge < -0.3 is 10.5 Å². The number of nitrogens with zero attached hydrogens (tertiary/aromatic N) is 2. The number of aromatic nitrogens is 2. The maximum atomic E-state index is 13.4. The van der Waals surface area contributed by atoms with Crippen LogP contribution in [0.2, 0.25) is 0 Å². The van der Waals surface area contributed by atoms with E-state index in [0.717, 1.165) is 0 Å². The van der Waals surface area contributed by atoms with Crippen LogP contribution >= 0.6 is 27.3 Å². The van der Waals surface area contributed by atoms with Crippen LogP contribution in [0.4, 0.5) is 4.39 Å². The summed E-state index contributed by atoms with van der Waals surface area (Å²) in [7, 11) is 0. The van der Waals surface area contributed by atoms with Gasteiger partial charge in [0.1, 0.15) is 5.01 Å². The molecule has 0 aliphatic heterocycles. The molecule has 0 saturated carbocycles. The molecular formula is C9H7BrFN3OS. The summed E-state index contributed by atoms with van der Waals surface area (Å²) in [6, 6.07) is 4.52. The monoisotopic (exact) mass is 303 g/mol. The smallest absolute Gasteiger partial charge is 0.299 e. The van der Waals surface area contributed by atoms with E-state index in [4.69, 9.17) is 10.5 Å². The first kappa shape index (κ1) is 11.4. The number of hydrogen-bond donors (Lipinski definition) is 1. The summed E-state index contributed by atoms with van der Waals surface area (Å²) in [6.45, 7) is 0.295. The third kappa shape index (κ3) is 2.55. The predicted molar refractivity (Wildman–Crippen MR) is 62.0 cm³/mol. The molecule has 84 valence electrons.